The van der Waals surface area contributed by atoms with Gasteiger partial charge in [-0.05, 0) is 31.5 Å². The Morgan fingerprint density at radius 1 is 1.50 bits per heavy atom. The molecule has 1 aromatic rings. The third kappa shape index (κ3) is 4.69. The second-order valence-corrected chi connectivity index (χ2v) is 5.06. The summed E-state index contributed by atoms with van der Waals surface area (Å²) < 4.78 is 5.62. The van der Waals surface area contributed by atoms with E-state index < -0.39 is 0 Å². The van der Waals surface area contributed by atoms with E-state index in [0.29, 0.717) is 13.0 Å². The molecule has 1 aromatic carbocycles. The third-order valence-corrected chi connectivity index (χ3v) is 3.40. The molecule has 1 aliphatic heterocycles. The maximum absolute atomic E-state index is 12.1. The van der Waals surface area contributed by atoms with E-state index in [0.717, 1.165) is 25.4 Å². The first kappa shape index (κ1) is 16.8. The summed E-state index contributed by atoms with van der Waals surface area (Å²) in [6.45, 7) is 7.11. The highest BCUT2D eigenvalue weighted by molar-refractivity contribution is 5.85. The normalized spacial score (nSPS) is 18.3. The van der Waals surface area contributed by atoms with Gasteiger partial charge in [0.05, 0.1) is 13.0 Å². The van der Waals surface area contributed by atoms with Crippen LogP contribution < -0.4 is 10.1 Å². The summed E-state index contributed by atoms with van der Waals surface area (Å²) in [6, 6.07) is 8.17. The molecule has 1 amide bonds. The first-order valence-corrected chi connectivity index (χ1v) is 6.86. The van der Waals surface area contributed by atoms with Crippen molar-refractivity contribution in [3.63, 3.8) is 0 Å². The summed E-state index contributed by atoms with van der Waals surface area (Å²) in [7, 11) is 0. The van der Waals surface area contributed by atoms with Gasteiger partial charge in [-0.3, -0.25) is 4.79 Å². The molecular weight excluding hydrogens is 276 g/mol. The fourth-order valence-corrected chi connectivity index (χ4v) is 2.32. The van der Waals surface area contributed by atoms with E-state index in [2.05, 4.69) is 12.2 Å². The molecule has 0 aromatic heterocycles. The molecule has 1 aliphatic rings. The monoisotopic (exact) mass is 298 g/mol. The van der Waals surface area contributed by atoms with E-state index in [1.807, 2.05) is 36.1 Å². The van der Waals surface area contributed by atoms with Gasteiger partial charge in [0.15, 0.2) is 0 Å². The molecule has 2 rings (SSSR count). The Bertz CT molecular complexity index is 440. The van der Waals surface area contributed by atoms with Gasteiger partial charge in [-0.15, -0.1) is 12.4 Å². The van der Waals surface area contributed by atoms with Crippen LogP contribution >= 0.6 is 12.4 Å². The minimum absolute atomic E-state index is 0. The number of rotatable bonds is 4. The zero-order valence-corrected chi connectivity index (χ0v) is 12.9. The molecule has 0 spiro atoms. The molecule has 1 fully saturated rings. The molecule has 0 saturated carbocycles. The predicted molar refractivity (Wildman–Crippen MR) is 82.6 cm³/mol. The smallest absolute Gasteiger partial charge is 0.226 e. The van der Waals surface area contributed by atoms with E-state index in [9.17, 15) is 4.79 Å². The predicted octanol–water partition coefficient (Wildman–Crippen LogP) is 2.01. The van der Waals surface area contributed by atoms with E-state index in [4.69, 9.17) is 4.74 Å². The Morgan fingerprint density at radius 3 is 3.00 bits per heavy atom. The largest absolute Gasteiger partial charge is 0.493 e. The van der Waals surface area contributed by atoms with Crippen LogP contribution in [0.3, 0.4) is 0 Å². The van der Waals surface area contributed by atoms with Crippen LogP contribution in [0.1, 0.15) is 18.9 Å². The van der Waals surface area contributed by atoms with Crippen molar-refractivity contribution in [2.24, 2.45) is 0 Å². The number of carbonyl (C=O) groups excluding carboxylic acids is 1. The molecule has 0 aliphatic carbocycles. The second-order valence-electron chi connectivity index (χ2n) is 5.06. The van der Waals surface area contributed by atoms with Gasteiger partial charge >= 0.3 is 0 Å². The lowest BCUT2D eigenvalue weighted by Crippen LogP contribution is -2.52. The van der Waals surface area contributed by atoms with Crippen LogP contribution in [0.5, 0.6) is 5.75 Å². The molecule has 1 atom stereocenters. The zero-order valence-electron chi connectivity index (χ0n) is 12.1. The molecular formula is C15H23ClN2O2. The van der Waals surface area contributed by atoms with Crippen LogP contribution in [-0.4, -0.2) is 43.1 Å². The van der Waals surface area contributed by atoms with Crippen molar-refractivity contribution < 1.29 is 9.53 Å². The van der Waals surface area contributed by atoms with E-state index >= 15 is 0 Å². The van der Waals surface area contributed by atoms with Crippen LogP contribution in [0.15, 0.2) is 24.3 Å². The lowest BCUT2D eigenvalue weighted by atomic mass is 10.2. The highest BCUT2D eigenvalue weighted by Gasteiger charge is 2.22. The molecule has 20 heavy (non-hydrogen) atoms. The molecule has 0 unspecified atom stereocenters. The third-order valence-electron chi connectivity index (χ3n) is 3.40. The number of amides is 1. The number of halogens is 1. The van der Waals surface area contributed by atoms with E-state index in [-0.39, 0.29) is 24.4 Å². The highest BCUT2D eigenvalue weighted by atomic mass is 35.5. The zero-order chi connectivity index (χ0) is 13.7. The van der Waals surface area contributed by atoms with E-state index in [1.54, 1.807) is 0 Å². The first-order chi connectivity index (χ1) is 9.16. The van der Waals surface area contributed by atoms with Gasteiger partial charge in [0.25, 0.3) is 0 Å². The number of hydrogen-bond donors (Lipinski definition) is 1. The Kier molecular flexibility index (Phi) is 6.82. The van der Waals surface area contributed by atoms with Crippen LogP contribution in [0, 0.1) is 6.92 Å². The summed E-state index contributed by atoms with van der Waals surface area (Å²) in [5.41, 5.74) is 1.17. The summed E-state index contributed by atoms with van der Waals surface area (Å²) in [5.74, 6) is 1.02. The maximum atomic E-state index is 12.1. The number of hydrogen-bond acceptors (Lipinski definition) is 3. The molecule has 112 valence electrons. The average Bonchev–Trinajstić information content (AvgIpc) is 2.39. The Morgan fingerprint density at radius 2 is 2.30 bits per heavy atom. The molecule has 5 heteroatoms. The Labute approximate surface area is 126 Å². The minimum atomic E-state index is 0. The van der Waals surface area contributed by atoms with Crippen molar-refractivity contribution in [1.82, 2.24) is 10.2 Å². The second kappa shape index (κ2) is 8.12. The lowest BCUT2D eigenvalue weighted by molar-refractivity contribution is -0.134. The summed E-state index contributed by atoms with van der Waals surface area (Å²) in [6.07, 6.45) is 0.443. The van der Waals surface area contributed by atoms with Gasteiger partial charge in [0, 0.05) is 25.7 Å². The van der Waals surface area contributed by atoms with Gasteiger partial charge in [-0.25, -0.2) is 0 Å². The topological polar surface area (TPSA) is 41.6 Å². The molecule has 0 bridgehead atoms. The van der Waals surface area contributed by atoms with Crippen LogP contribution in [-0.2, 0) is 4.79 Å². The Balaban J connectivity index is 0.00000200. The fraction of sp³-hybridized carbons (Fsp3) is 0.533. The molecule has 1 N–H and O–H groups in total. The number of nitrogens with zero attached hydrogens (tertiary/aromatic N) is 1. The standard InChI is InChI=1S/C15H22N2O2.ClH/c1-12-4-3-5-14(10-12)19-9-6-15(18)17-8-7-16-11-13(17)2;/h3-5,10,13,16H,6-9,11H2,1-2H3;1H/t13-;/m0./s1. The summed E-state index contributed by atoms with van der Waals surface area (Å²) >= 11 is 0. The van der Waals surface area contributed by atoms with Crippen molar-refractivity contribution in [3.8, 4) is 5.75 Å². The lowest BCUT2D eigenvalue weighted by Gasteiger charge is -2.34. The number of carbonyl (C=O) groups is 1. The fourth-order valence-electron chi connectivity index (χ4n) is 2.32. The molecule has 1 heterocycles. The van der Waals surface area contributed by atoms with E-state index in [1.165, 1.54) is 5.56 Å². The quantitative estimate of drug-likeness (QED) is 0.924. The van der Waals surface area contributed by atoms with Crippen molar-refractivity contribution in [3.05, 3.63) is 29.8 Å². The van der Waals surface area contributed by atoms with Crippen LogP contribution in [0.25, 0.3) is 0 Å². The molecule has 4 nitrogen and oxygen atoms in total. The van der Waals surface area contributed by atoms with Crippen molar-refractivity contribution in [2.45, 2.75) is 26.3 Å². The van der Waals surface area contributed by atoms with Crippen molar-refractivity contribution in [2.75, 3.05) is 26.2 Å². The van der Waals surface area contributed by atoms with Crippen molar-refractivity contribution in [1.29, 1.82) is 0 Å². The minimum Gasteiger partial charge on any atom is -0.493 e. The van der Waals surface area contributed by atoms with Crippen LogP contribution in [0.2, 0.25) is 0 Å². The number of aryl methyl sites for hydroxylation is 1. The van der Waals surface area contributed by atoms with Crippen molar-refractivity contribution >= 4 is 18.3 Å². The summed E-state index contributed by atoms with van der Waals surface area (Å²) in [4.78, 5) is 14.0. The van der Waals surface area contributed by atoms with Gasteiger partial charge in [-0.2, -0.15) is 0 Å². The first-order valence-electron chi connectivity index (χ1n) is 6.86. The number of nitrogens with one attached hydrogen (secondary N) is 1. The average molecular weight is 299 g/mol. The molecule has 0 radical (unpaired) electrons. The van der Waals surface area contributed by atoms with Gasteiger partial charge in [-0.1, -0.05) is 12.1 Å². The Hall–Kier alpha value is -1.26. The van der Waals surface area contributed by atoms with Crippen LogP contribution in [0.4, 0.5) is 0 Å². The highest BCUT2D eigenvalue weighted by Crippen LogP contribution is 2.13. The number of piperazine rings is 1. The number of benzene rings is 1. The van der Waals surface area contributed by atoms with Gasteiger partial charge in [0.2, 0.25) is 5.91 Å². The molecule has 1 saturated heterocycles. The number of ether oxygens (including phenoxy) is 1. The van der Waals surface area contributed by atoms with Gasteiger partial charge < -0.3 is 15.0 Å². The SMILES string of the molecule is Cc1cccc(OCCC(=O)N2CCNC[C@@H]2C)c1.Cl. The summed E-state index contributed by atoms with van der Waals surface area (Å²) in [5, 5.41) is 3.28. The van der Waals surface area contributed by atoms with Gasteiger partial charge in [0.1, 0.15) is 5.75 Å². The maximum Gasteiger partial charge on any atom is 0.226 e.